The molecule has 1 atom stereocenters. The van der Waals surface area contributed by atoms with Gasteiger partial charge in [-0.3, -0.25) is 0 Å². The fourth-order valence-electron chi connectivity index (χ4n) is 0.975. The van der Waals surface area contributed by atoms with Crippen LogP contribution in [0.5, 0.6) is 5.75 Å². The summed E-state index contributed by atoms with van der Waals surface area (Å²) < 4.78 is 9.80. The van der Waals surface area contributed by atoms with E-state index in [4.69, 9.17) is 27.9 Å². The quantitative estimate of drug-likeness (QED) is 0.772. The van der Waals surface area contributed by atoms with Gasteiger partial charge in [0, 0.05) is 5.02 Å². The van der Waals surface area contributed by atoms with Gasteiger partial charge in [0.1, 0.15) is 5.75 Å². The number of methoxy groups -OCH3 is 1. The Morgan fingerprint density at radius 1 is 1.40 bits per heavy atom. The lowest BCUT2D eigenvalue weighted by molar-refractivity contribution is -0.147. The van der Waals surface area contributed by atoms with Crippen molar-refractivity contribution in [2.75, 3.05) is 7.11 Å². The lowest BCUT2D eigenvalue weighted by atomic mass is 10.3. The van der Waals surface area contributed by atoms with Gasteiger partial charge in [-0.2, -0.15) is 0 Å². The van der Waals surface area contributed by atoms with E-state index < -0.39 is 12.1 Å². The Labute approximate surface area is 97.9 Å². The lowest BCUT2D eigenvalue weighted by Gasteiger charge is -2.13. The van der Waals surface area contributed by atoms with Gasteiger partial charge in [-0.1, -0.05) is 23.2 Å². The summed E-state index contributed by atoms with van der Waals surface area (Å²) in [4.78, 5) is 11.1. The maximum atomic E-state index is 11.1. The fourth-order valence-corrected chi connectivity index (χ4v) is 1.43. The van der Waals surface area contributed by atoms with E-state index in [0.717, 1.165) is 0 Å². The van der Waals surface area contributed by atoms with Crippen molar-refractivity contribution in [3.05, 3.63) is 28.2 Å². The van der Waals surface area contributed by atoms with Crippen molar-refractivity contribution in [1.82, 2.24) is 0 Å². The van der Waals surface area contributed by atoms with E-state index in [-0.39, 0.29) is 0 Å². The first-order chi connectivity index (χ1) is 7.04. The average molecular weight is 249 g/mol. The van der Waals surface area contributed by atoms with E-state index in [2.05, 4.69) is 4.74 Å². The zero-order valence-electron chi connectivity index (χ0n) is 8.29. The molecule has 0 aromatic heterocycles. The van der Waals surface area contributed by atoms with Crippen molar-refractivity contribution in [1.29, 1.82) is 0 Å². The van der Waals surface area contributed by atoms with Crippen molar-refractivity contribution in [2.45, 2.75) is 13.0 Å². The molecule has 1 aromatic rings. The van der Waals surface area contributed by atoms with Crippen LogP contribution >= 0.6 is 23.2 Å². The molecule has 5 heteroatoms. The highest BCUT2D eigenvalue weighted by Gasteiger charge is 2.16. The first-order valence-electron chi connectivity index (χ1n) is 4.24. The normalized spacial score (nSPS) is 12.0. The molecule has 1 aromatic carbocycles. The van der Waals surface area contributed by atoms with E-state index in [1.165, 1.54) is 7.11 Å². The number of hydrogen-bond donors (Lipinski definition) is 0. The highest BCUT2D eigenvalue weighted by molar-refractivity contribution is 6.35. The summed E-state index contributed by atoms with van der Waals surface area (Å²) in [6.45, 7) is 1.58. The minimum Gasteiger partial charge on any atom is -0.477 e. The van der Waals surface area contributed by atoms with Crippen LogP contribution in [0.4, 0.5) is 0 Å². The summed E-state index contributed by atoms with van der Waals surface area (Å²) in [5.74, 6) is -0.0556. The van der Waals surface area contributed by atoms with Crippen molar-refractivity contribution in [3.63, 3.8) is 0 Å². The average Bonchev–Trinajstić information content (AvgIpc) is 2.20. The van der Waals surface area contributed by atoms with Crippen LogP contribution in [0.25, 0.3) is 0 Å². The van der Waals surface area contributed by atoms with Crippen LogP contribution in [0.1, 0.15) is 6.92 Å². The molecule has 0 spiro atoms. The van der Waals surface area contributed by atoms with E-state index >= 15 is 0 Å². The monoisotopic (exact) mass is 248 g/mol. The van der Waals surface area contributed by atoms with Crippen LogP contribution in [-0.4, -0.2) is 19.2 Å². The third kappa shape index (κ3) is 3.29. The summed E-state index contributed by atoms with van der Waals surface area (Å²) in [6.07, 6.45) is -0.700. The second-order valence-electron chi connectivity index (χ2n) is 2.86. The maximum Gasteiger partial charge on any atom is 0.346 e. The van der Waals surface area contributed by atoms with Crippen LogP contribution in [0.15, 0.2) is 18.2 Å². The SMILES string of the molecule is COC(=O)[C@H](C)Oc1ccc(Cl)cc1Cl. The predicted octanol–water partition coefficient (Wildman–Crippen LogP) is 2.93. The zero-order chi connectivity index (χ0) is 11.4. The van der Waals surface area contributed by atoms with Gasteiger partial charge in [0.05, 0.1) is 12.1 Å². The molecule has 0 aliphatic heterocycles. The van der Waals surface area contributed by atoms with E-state index in [9.17, 15) is 4.79 Å². The molecular formula is C10H10Cl2O3. The Hall–Kier alpha value is -0.930. The largest absolute Gasteiger partial charge is 0.477 e. The molecule has 15 heavy (non-hydrogen) atoms. The molecule has 0 aliphatic rings. The summed E-state index contributed by atoms with van der Waals surface area (Å²) in [7, 11) is 1.30. The molecule has 3 nitrogen and oxygen atoms in total. The predicted molar refractivity (Wildman–Crippen MR) is 58.6 cm³/mol. The Bertz CT molecular complexity index is 366. The summed E-state index contributed by atoms with van der Waals surface area (Å²) in [5, 5.41) is 0.872. The van der Waals surface area contributed by atoms with Gasteiger partial charge in [0.2, 0.25) is 0 Å². The van der Waals surface area contributed by atoms with E-state index in [1.54, 1.807) is 25.1 Å². The molecule has 0 aliphatic carbocycles. The Balaban J connectivity index is 2.76. The van der Waals surface area contributed by atoms with Gasteiger partial charge in [-0.15, -0.1) is 0 Å². The molecule has 82 valence electrons. The Morgan fingerprint density at radius 2 is 2.07 bits per heavy atom. The third-order valence-corrected chi connectivity index (χ3v) is 2.26. The Morgan fingerprint density at radius 3 is 2.60 bits per heavy atom. The lowest BCUT2D eigenvalue weighted by Crippen LogP contribution is -2.24. The molecular weight excluding hydrogens is 239 g/mol. The summed E-state index contributed by atoms with van der Waals surface area (Å²) in [6, 6.07) is 4.78. The number of rotatable bonds is 3. The molecule has 0 saturated heterocycles. The zero-order valence-corrected chi connectivity index (χ0v) is 9.80. The van der Waals surface area contributed by atoms with Crippen molar-refractivity contribution < 1.29 is 14.3 Å². The molecule has 0 radical (unpaired) electrons. The minimum atomic E-state index is -0.700. The highest BCUT2D eigenvalue weighted by atomic mass is 35.5. The van der Waals surface area contributed by atoms with Crippen LogP contribution in [0.3, 0.4) is 0 Å². The maximum absolute atomic E-state index is 11.1. The number of benzene rings is 1. The highest BCUT2D eigenvalue weighted by Crippen LogP contribution is 2.28. The third-order valence-electron chi connectivity index (χ3n) is 1.73. The van der Waals surface area contributed by atoms with Gasteiger partial charge < -0.3 is 9.47 Å². The number of carbonyl (C=O) groups excluding carboxylic acids is 1. The molecule has 0 N–H and O–H groups in total. The van der Waals surface area contributed by atoms with Gasteiger partial charge in [0.25, 0.3) is 0 Å². The van der Waals surface area contributed by atoms with Crippen LogP contribution in [0, 0.1) is 0 Å². The number of hydrogen-bond acceptors (Lipinski definition) is 3. The van der Waals surface area contributed by atoms with Crippen LogP contribution < -0.4 is 4.74 Å². The summed E-state index contributed by atoms with van der Waals surface area (Å²) in [5.41, 5.74) is 0. The second-order valence-corrected chi connectivity index (χ2v) is 3.70. The number of esters is 1. The number of carbonyl (C=O) groups is 1. The number of ether oxygens (including phenoxy) is 2. The van der Waals surface area contributed by atoms with Crippen LogP contribution in [0.2, 0.25) is 10.0 Å². The topological polar surface area (TPSA) is 35.5 Å². The van der Waals surface area contributed by atoms with Crippen LogP contribution in [-0.2, 0) is 9.53 Å². The van der Waals surface area contributed by atoms with Crippen molar-refractivity contribution in [3.8, 4) is 5.75 Å². The molecule has 1 rings (SSSR count). The van der Waals surface area contributed by atoms with Gasteiger partial charge in [0.15, 0.2) is 6.10 Å². The molecule has 0 unspecified atom stereocenters. The number of halogens is 2. The molecule has 0 bridgehead atoms. The van der Waals surface area contributed by atoms with Gasteiger partial charge >= 0.3 is 5.97 Å². The van der Waals surface area contributed by atoms with Gasteiger partial charge in [-0.05, 0) is 25.1 Å². The van der Waals surface area contributed by atoms with E-state index in [0.29, 0.717) is 15.8 Å². The van der Waals surface area contributed by atoms with Crippen molar-refractivity contribution in [2.24, 2.45) is 0 Å². The smallest absolute Gasteiger partial charge is 0.346 e. The molecule has 0 fully saturated rings. The first kappa shape index (κ1) is 12.1. The standard InChI is InChI=1S/C10H10Cl2O3/c1-6(10(13)14-2)15-9-4-3-7(11)5-8(9)12/h3-6H,1-2H3/t6-/m0/s1. The molecule has 0 heterocycles. The molecule has 0 amide bonds. The molecule has 0 saturated carbocycles. The minimum absolute atomic E-state index is 0.359. The summed E-state index contributed by atoms with van der Waals surface area (Å²) >= 11 is 11.6. The second kappa shape index (κ2) is 5.24. The van der Waals surface area contributed by atoms with Crippen molar-refractivity contribution >= 4 is 29.2 Å². The van der Waals surface area contributed by atoms with Gasteiger partial charge in [-0.25, -0.2) is 4.79 Å². The Kier molecular flexibility index (Phi) is 4.24. The fraction of sp³-hybridized carbons (Fsp3) is 0.300. The first-order valence-corrected chi connectivity index (χ1v) is 4.99. The van der Waals surface area contributed by atoms with E-state index in [1.807, 2.05) is 0 Å².